The molecule has 0 aliphatic heterocycles. The van der Waals surface area contributed by atoms with E-state index in [0.29, 0.717) is 17.7 Å². The lowest BCUT2D eigenvalue weighted by molar-refractivity contribution is 0.257. The first-order valence-corrected chi connectivity index (χ1v) is 8.50. The highest BCUT2D eigenvalue weighted by molar-refractivity contribution is 7.90. The Labute approximate surface area is 99.9 Å². The standard InChI is InChI=1S/C12H25NO2S/c1-3-9-13-12-7-5-4-6-11(12)8-10-16(2,14)15/h11-13H,3-10H2,1-2H3. The Kier molecular flexibility index (Phi) is 5.76. The van der Waals surface area contributed by atoms with Crippen LogP contribution in [0.5, 0.6) is 0 Å². The highest BCUT2D eigenvalue weighted by Gasteiger charge is 2.25. The van der Waals surface area contributed by atoms with Gasteiger partial charge >= 0.3 is 0 Å². The normalized spacial score (nSPS) is 26.9. The van der Waals surface area contributed by atoms with Crippen molar-refractivity contribution < 1.29 is 8.42 Å². The average molecular weight is 247 g/mol. The van der Waals surface area contributed by atoms with Crippen LogP contribution in [0.3, 0.4) is 0 Å². The van der Waals surface area contributed by atoms with Crippen molar-refractivity contribution in [1.82, 2.24) is 5.32 Å². The molecule has 0 radical (unpaired) electrons. The van der Waals surface area contributed by atoms with E-state index in [1.54, 1.807) is 0 Å². The van der Waals surface area contributed by atoms with Gasteiger partial charge in [-0.3, -0.25) is 0 Å². The molecule has 1 aliphatic carbocycles. The van der Waals surface area contributed by atoms with E-state index in [-0.39, 0.29) is 0 Å². The van der Waals surface area contributed by atoms with E-state index in [1.807, 2.05) is 0 Å². The van der Waals surface area contributed by atoms with Gasteiger partial charge in [0.05, 0.1) is 5.75 Å². The molecule has 96 valence electrons. The summed E-state index contributed by atoms with van der Waals surface area (Å²) in [6.07, 6.45) is 8.28. The molecule has 1 N–H and O–H groups in total. The lowest BCUT2D eigenvalue weighted by atomic mass is 9.83. The molecule has 3 nitrogen and oxygen atoms in total. The molecule has 0 aromatic heterocycles. The van der Waals surface area contributed by atoms with E-state index in [1.165, 1.54) is 31.9 Å². The second-order valence-electron chi connectivity index (χ2n) is 5.02. The van der Waals surface area contributed by atoms with E-state index < -0.39 is 9.84 Å². The van der Waals surface area contributed by atoms with Gasteiger partial charge in [0.15, 0.2) is 0 Å². The van der Waals surface area contributed by atoms with Crippen LogP contribution in [0.25, 0.3) is 0 Å². The van der Waals surface area contributed by atoms with Crippen LogP contribution in [0.15, 0.2) is 0 Å². The monoisotopic (exact) mass is 247 g/mol. The maximum Gasteiger partial charge on any atom is 0.147 e. The van der Waals surface area contributed by atoms with Crippen molar-refractivity contribution in [3.63, 3.8) is 0 Å². The van der Waals surface area contributed by atoms with Crippen LogP contribution >= 0.6 is 0 Å². The first kappa shape index (κ1) is 14.0. The quantitative estimate of drug-likeness (QED) is 0.780. The smallest absolute Gasteiger partial charge is 0.147 e. The fourth-order valence-electron chi connectivity index (χ4n) is 2.52. The third-order valence-corrected chi connectivity index (χ3v) is 4.40. The number of sulfone groups is 1. The van der Waals surface area contributed by atoms with Crippen LogP contribution in [-0.2, 0) is 9.84 Å². The average Bonchev–Trinajstić information content (AvgIpc) is 2.23. The number of rotatable bonds is 6. The zero-order chi connectivity index (χ0) is 12.0. The summed E-state index contributed by atoms with van der Waals surface area (Å²) in [6.45, 7) is 3.22. The third-order valence-electron chi connectivity index (χ3n) is 3.43. The van der Waals surface area contributed by atoms with Gasteiger partial charge in [-0.1, -0.05) is 19.8 Å². The van der Waals surface area contributed by atoms with Crippen molar-refractivity contribution in [1.29, 1.82) is 0 Å². The van der Waals surface area contributed by atoms with E-state index in [0.717, 1.165) is 19.4 Å². The minimum absolute atomic E-state index is 0.349. The lowest BCUT2D eigenvalue weighted by Crippen LogP contribution is -2.39. The first-order chi connectivity index (χ1) is 7.53. The SMILES string of the molecule is CCCNC1CCCCC1CCS(C)(=O)=O. The summed E-state index contributed by atoms with van der Waals surface area (Å²) < 4.78 is 22.3. The summed E-state index contributed by atoms with van der Waals surface area (Å²) in [5, 5.41) is 3.56. The van der Waals surface area contributed by atoms with Crippen molar-refractivity contribution in [3.05, 3.63) is 0 Å². The van der Waals surface area contributed by atoms with Gasteiger partial charge in [-0.25, -0.2) is 8.42 Å². The summed E-state index contributed by atoms with van der Waals surface area (Å²) >= 11 is 0. The Morgan fingerprint density at radius 1 is 1.25 bits per heavy atom. The predicted molar refractivity (Wildman–Crippen MR) is 68.4 cm³/mol. The molecule has 0 aromatic rings. The molecular weight excluding hydrogens is 222 g/mol. The van der Waals surface area contributed by atoms with Crippen molar-refractivity contribution >= 4 is 9.84 Å². The van der Waals surface area contributed by atoms with Gasteiger partial charge in [0.25, 0.3) is 0 Å². The van der Waals surface area contributed by atoms with Crippen LogP contribution in [0.4, 0.5) is 0 Å². The van der Waals surface area contributed by atoms with Gasteiger partial charge in [0.1, 0.15) is 9.84 Å². The summed E-state index contributed by atoms with van der Waals surface area (Å²) in [7, 11) is -2.80. The molecule has 0 saturated heterocycles. The fourth-order valence-corrected chi connectivity index (χ4v) is 3.25. The maximum absolute atomic E-state index is 11.2. The van der Waals surface area contributed by atoms with Crippen molar-refractivity contribution in [2.75, 3.05) is 18.6 Å². The summed E-state index contributed by atoms with van der Waals surface area (Å²) in [4.78, 5) is 0. The molecule has 0 heterocycles. The van der Waals surface area contributed by atoms with E-state index in [2.05, 4.69) is 12.2 Å². The Morgan fingerprint density at radius 3 is 2.56 bits per heavy atom. The second kappa shape index (κ2) is 6.60. The summed E-state index contributed by atoms with van der Waals surface area (Å²) in [5.41, 5.74) is 0. The minimum atomic E-state index is -2.80. The second-order valence-corrected chi connectivity index (χ2v) is 7.28. The van der Waals surface area contributed by atoms with Gasteiger partial charge in [0.2, 0.25) is 0 Å². The molecule has 2 unspecified atom stereocenters. The Balaban J connectivity index is 2.40. The highest BCUT2D eigenvalue weighted by Crippen LogP contribution is 2.27. The zero-order valence-electron chi connectivity index (χ0n) is 10.5. The number of nitrogens with one attached hydrogen (secondary N) is 1. The van der Waals surface area contributed by atoms with Gasteiger partial charge in [-0.15, -0.1) is 0 Å². The molecule has 16 heavy (non-hydrogen) atoms. The van der Waals surface area contributed by atoms with Crippen molar-refractivity contribution in [2.24, 2.45) is 5.92 Å². The summed E-state index contributed by atoms with van der Waals surface area (Å²) in [5.74, 6) is 0.914. The molecule has 0 bridgehead atoms. The molecule has 1 saturated carbocycles. The Bertz CT molecular complexity index is 287. The van der Waals surface area contributed by atoms with Gasteiger partial charge < -0.3 is 5.32 Å². The number of hydrogen-bond acceptors (Lipinski definition) is 3. The highest BCUT2D eigenvalue weighted by atomic mass is 32.2. The van der Waals surface area contributed by atoms with E-state index in [9.17, 15) is 8.42 Å². The molecule has 0 aromatic carbocycles. The Morgan fingerprint density at radius 2 is 1.94 bits per heavy atom. The van der Waals surface area contributed by atoms with Crippen LogP contribution in [0, 0.1) is 5.92 Å². The van der Waals surface area contributed by atoms with E-state index in [4.69, 9.17) is 0 Å². The zero-order valence-corrected chi connectivity index (χ0v) is 11.4. The maximum atomic E-state index is 11.2. The van der Waals surface area contributed by atoms with Crippen LogP contribution in [-0.4, -0.2) is 33.0 Å². The predicted octanol–water partition coefficient (Wildman–Crippen LogP) is 1.98. The van der Waals surface area contributed by atoms with Crippen LogP contribution in [0.1, 0.15) is 45.4 Å². The molecule has 0 amide bonds. The minimum Gasteiger partial charge on any atom is -0.314 e. The van der Waals surface area contributed by atoms with Gasteiger partial charge in [-0.05, 0) is 38.1 Å². The summed E-state index contributed by atoms with van der Waals surface area (Å²) in [6, 6.07) is 0.551. The largest absolute Gasteiger partial charge is 0.314 e. The lowest BCUT2D eigenvalue weighted by Gasteiger charge is -2.32. The third kappa shape index (κ3) is 5.30. The molecule has 1 rings (SSSR count). The van der Waals surface area contributed by atoms with Crippen LogP contribution in [0.2, 0.25) is 0 Å². The van der Waals surface area contributed by atoms with Crippen LogP contribution < -0.4 is 5.32 Å². The molecule has 0 spiro atoms. The van der Waals surface area contributed by atoms with Crippen molar-refractivity contribution in [3.8, 4) is 0 Å². The molecule has 2 atom stereocenters. The molecule has 1 aliphatic rings. The molecule has 1 fully saturated rings. The van der Waals surface area contributed by atoms with Crippen molar-refractivity contribution in [2.45, 2.75) is 51.5 Å². The topological polar surface area (TPSA) is 46.2 Å². The van der Waals surface area contributed by atoms with Gasteiger partial charge in [0, 0.05) is 12.3 Å². The van der Waals surface area contributed by atoms with Gasteiger partial charge in [-0.2, -0.15) is 0 Å². The molecule has 4 heteroatoms. The first-order valence-electron chi connectivity index (χ1n) is 6.44. The van der Waals surface area contributed by atoms with E-state index >= 15 is 0 Å². The number of hydrogen-bond donors (Lipinski definition) is 1. The Hall–Kier alpha value is -0.0900. The molecular formula is C12H25NO2S. The fraction of sp³-hybridized carbons (Fsp3) is 1.00.